The predicted octanol–water partition coefficient (Wildman–Crippen LogP) is 4.02. The summed E-state index contributed by atoms with van der Waals surface area (Å²) in [6.07, 6.45) is 0.0571. The van der Waals surface area contributed by atoms with Gasteiger partial charge in [-0.3, -0.25) is 9.59 Å². The number of carbonyl (C=O) groups excluding carboxylic acids is 2. The molecule has 0 saturated carbocycles. The van der Waals surface area contributed by atoms with Crippen molar-refractivity contribution in [2.75, 3.05) is 18.5 Å². The molecule has 1 spiro atoms. The third-order valence-corrected chi connectivity index (χ3v) is 6.17. The molecule has 30 heavy (non-hydrogen) atoms. The molecule has 1 aromatic heterocycles. The number of benzene rings is 1. The van der Waals surface area contributed by atoms with Crippen LogP contribution in [0.15, 0.2) is 35.7 Å². The number of hydrogen-bond donors (Lipinski definition) is 1. The summed E-state index contributed by atoms with van der Waals surface area (Å²) in [6.45, 7) is 6.78. The number of aromatic nitrogens is 1. The summed E-state index contributed by atoms with van der Waals surface area (Å²) in [5, 5.41) is 5.80. The summed E-state index contributed by atoms with van der Waals surface area (Å²) in [4.78, 5) is 30.1. The van der Waals surface area contributed by atoms with Crippen molar-refractivity contribution in [1.29, 1.82) is 0 Å². The smallest absolute Gasteiger partial charge is 0.324 e. The molecule has 0 radical (unpaired) electrons. The topological polar surface area (TPSA) is 86.8 Å². The van der Waals surface area contributed by atoms with Gasteiger partial charge >= 0.3 is 11.9 Å². The first kappa shape index (κ1) is 20.8. The number of rotatable bonds is 7. The SMILES string of the molecule is CC(C)COC[C@H]1C[C@@]2(C[C@](C)(c3csc(Nc4ccccc4)n3)OC2=O)C(=O)O1. The average molecular weight is 431 g/mol. The number of cyclic esters (lactones) is 2. The van der Waals surface area contributed by atoms with Crippen LogP contribution in [0.1, 0.15) is 39.3 Å². The quantitative estimate of drug-likeness (QED) is 0.524. The van der Waals surface area contributed by atoms with E-state index in [0.717, 1.165) is 5.69 Å². The van der Waals surface area contributed by atoms with Crippen molar-refractivity contribution in [3.8, 4) is 0 Å². The number of thiazole rings is 1. The third kappa shape index (κ3) is 3.94. The fourth-order valence-electron chi connectivity index (χ4n) is 3.97. The van der Waals surface area contributed by atoms with E-state index in [0.29, 0.717) is 23.4 Å². The second kappa shape index (κ2) is 8.00. The number of esters is 2. The maximum absolute atomic E-state index is 12.8. The molecular formula is C22H26N2O5S. The normalized spacial score (nSPS) is 28.2. The first-order valence-corrected chi connectivity index (χ1v) is 11.0. The molecule has 7 nitrogen and oxygen atoms in total. The van der Waals surface area contributed by atoms with Crippen LogP contribution in [0.5, 0.6) is 0 Å². The average Bonchev–Trinajstić information content (AvgIpc) is 3.35. The number of anilines is 2. The number of nitrogens with one attached hydrogen (secondary N) is 1. The molecule has 3 heterocycles. The lowest BCUT2D eigenvalue weighted by atomic mass is 9.78. The fourth-order valence-corrected chi connectivity index (χ4v) is 4.82. The predicted molar refractivity (Wildman–Crippen MR) is 112 cm³/mol. The fraction of sp³-hybridized carbons (Fsp3) is 0.500. The van der Waals surface area contributed by atoms with Gasteiger partial charge in [-0.1, -0.05) is 32.0 Å². The first-order valence-electron chi connectivity index (χ1n) is 10.1. The molecule has 0 aliphatic carbocycles. The molecule has 4 rings (SSSR count). The molecule has 2 aliphatic rings. The minimum atomic E-state index is -1.28. The molecule has 160 valence electrons. The Morgan fingerprint density at radius 3 is 2.77 bits per heavy atom. The standard InChI is InChI=1S/C22H26N2O5S/c1-14(2)10-27-11-16-9-22(18(25)28-16)13-21(3,29-19(22)26)17-12-30-20(24-17)23-15-7-5-4-6-8-15/h4-8,12,14,16H,9-11,13H2,1-3H3,(H,23,24)/t16-,21-,22-/m1/s1. The van der Waals surface area contributed by atoms with Crippen LogP contribution < -0.4 is 5.32 Å². The molecule has 0 bridgehead atoms. The zero-order chi connectivity index (χ0) is 21.4. The summed E-state index contributed by atoms with van der Waals surface area (Å²) in [5.74, 6) is -0.668. The van der Waals surface area contributed by atoms with E-state index in [4.69, 9.17) is 14.2 Å². The number of hydrogen-bond acceptors (Lipinski definition) is 8. The van der Waals surface area contributed by atoms with Gasteiger partial charge in [0.1, 0.15) is 6.10 Å². The van der Waals surface area contributed by atoms with E-state index in [1.807, 2.05) is 35.7 Å². The molecule has 1 N–H and O–H groups in total. The van der Waals surface area contributed by atoms with Crippen LogP contribution in [-0.4, -0.2) is 36.2 Å². The van der Waals surface area contributed by atoms with Crippen molar-refractivity contribution in [3.63, 3.8) is 0 Å². The Morgan fingerprint density at radius 1 is 1.27 bits per heavy atom. The van der Waals surface area contributed by atoms with Crippen molar-refractivity contribution in [2.24, 2.45) is 11.3 Å². The molecule has 0 amide bonds. The summed E-state index contributed by atoms with van der Waals surface area (Å²) >= 11 is 1.43. The first-order chi connectivity index (χ1) is 14.3. The van der Waals surface area contributed by atoms with Crippen molar-refractivity contribution < 1.29 is 23.8 Å². The summed E-state index contributed by atoms with van der Waals surface area (Å²) in [6, 6.07) is 9.72. The van der Waals surface area contributed by atoms with Gasteiger partial charge in [-0.15, -0.1) is 11.3 Å². The highest BCUT2D eigenvalue weighted by atomic mass is 32.1. The van der Waals surface area contributed by atoms with Crippen LogP contribution in [0.25, 0.3) is 0 Å². The molecule has 2 saturated heterocycles. The number of ether oxygens (including phenoxy) is 3. The van der Waals surface area contributed by atoms with Gasteiger partial charge in [0.15, 0.2) is 16.1 Å². The molecule has 2 aliphatic heterocycles. The van der Waals surface area contributed by atoms with Gasteiger partial charge in [0.2, 0.25) is 0 Å². The van der Waals surface area contributed by atoms with Crippen molar-refractivity contribution in [1.82, 2.24) is 4.98 Å². The van der Waals surface area contributed by atoms with Gasteiger partial charge in [0.25, 0.3) is 0 Å². The maximum Gasteiger partial charge on any atom is 0.324 e. The van der Waals surface area contributed by atoms with E-state index >= 15 is 0 Å². The Hall–Kier alpha value is -2.45. The van der Waals surface area contributed by atoms with E-state index in [-0.39, 0.29) is 19.4 Å². The van der Waals surface area contributed by atoms with Gasteiger partial charge < -0.3 is 19.5 Å². The number of carbonyl (C=O) groups is 2. The van der Waals surface area contributed by atoms with Crippen LogP contribution in [0.3, 0.4) is 0 Å². The third-order valence-electron chi connectivity index (χ3n) is 5.41. The highest BCUT2D eigenvalue weighted by Crippen LogP contribution is 2.52. The largest absolute Gasteiger partial charge is 0.459 e. The lowest BCUT2D eigenvalue weighted by Crippen LogP contribution is -2.32. The van der Waals surface area contributed by atoms with Crippen molar-refractivity contribution in [3.05, 3.63) is 41.4 Å². The Kier molecular flexibility index (Phi) is 5.55. The van der Waals surface area contributed by atoms with E-state index in [1.54, 1.807) is 6.92 Å². The molecule has 2 aromatic rings. The summed E-state index contributed by atoms with van der Waals surface area (Å²) < 4.78 is 16.8. The highest BCUT2D eigenvalue weighted by molar-refractivity contribution is 7.13. The molecule has 2 fully saturated rings. The van der Waals surface area contributed by atoms with Crippen LogP contribution >= 0.6 is 11.3 Å². The van der Waals surface area contributed by atoms with Crippen LogP contribution in [-0.2, 0) is 29.4 Å². The van der Waals surface area contributed by atoms with Crippen molar-refractivity contribution in [2.45, 2.75) is 45.3 Å². The molecule has 0 unspecified atom stereocenters. The molecular weight excluding hydrogens is 404 g/mol. The number of para-hydroxylation sites is 1. The Morgan fingerprint density at radius 2 is 2.03 bits per heavy atom. The number of nitrogens with zero attached hydrogens (tertiary/aromatic N) is 1. The lowest BCUT2D eigenvalue weighted by Gasteiger charge is -2.20. The zero-order valence-corrected chi connectivity index (χ0v) is 18.2. The second-order valence-corrected chi connectivity index (χ2v) is 9.43. The van der Waals surface area contributed by atoms with E-state index < -0.39 is 29.1 Å². The highest BCUT2D eigenvalue weighted by Gasteiger charge is 2.65. The van der Waals surface area contributed by atoms with Gasteiger partial charge in [-0.2, -0.15) is 0 Å². The Balaban J connectivity index is 1.46. The summed E-state index contributed by atoms with van der Waals surface area (Å²) in [5.41, 5.74) is -0.704. The lowest BCUT2D eigenvalue weighted by molar-refractivity contribution is -0.160. The van der Waals surface area contributed by atoms with Gasteiger partial charge in [-0.05, 0) is 25.0 Å². The maximum atomic E-state index is 12.8. The van der Waals surface area contributed by atoms with Gasteiger partial charge in [0.05, 0.1) is 12.3 Å². The minimum absolute atomic E-state index is 0.215. The summed E-state index contributed by atoms with van der Waals surface area (Å²) in [7, 11) is 0. The van der Waals surface area contributed by atoms with E-state index in [1.165, 1.54) is 11.3 Å². The van der Waals surface area contributed by atoms with E-state index in [2.05, 4.69) is 24.1 Å². The molecule has 8 heteroatoms. The van der Waals surface area contributed by atoms with Gasteiger partial charge in [-0.25, -0.2) is 4.98 Å². The van der Waals surface area contributed by atoms with Crippen LogP contribution in [0.4, 0.5) is 10.8 Å². The second-order valence-electron chi connectivity index (χ2n) is 8.57. The zero-order valence-electron chi connectivity index (χ0n) is 17.3. The van der Waals surface area contributed by atoms with Crippen molar-refractivity contribution >= 4 is 34.1 Å². The monoisotopic (exact) mass is 430 g/mol. The minimum Gasteiger partial charge on any atom is -0.459 e. The van der Waals surface area contributed by atoms with Crippen LogP contribution in [0.2, 0.25) is 0 Å². The molecule has 1 aromatic carbocycles. The Labute approximate surface area is 179 Å². The Bertz CT molecular complexity index is 931. The van der Waals surface area contributed by atoms with E-state index in [9.17, 15) is 9.59 Å². The molecule has 3 atom stereocenters. The van der Waals surface area contributed by atoms with Crippen LogP contribution in [0, 0.1) is 11.3 Å². The van der Waals surface area contributed by atoms with Gasteiger partial charge in [0, 0.05) is 30.5 Å².